The summed E-state index contributed by atoms with van der Waals surface area (Å²) >= 11 is 0. The van der Waals surface area contributed by atoms with Crippen LogP contribution in [0.3, 0.4) is 0 Å². The number of benzene rings is 1. The Morgan fingerprint density at radius 2 is 2.30 bits per heavy atom. The van der Waals surface area contributed by atoms with Crippen molar-refractivity contribution in [2.75, 3.05) is 11.9 Å². The number of nitrogens with zero attached hydrogens (tertiary/aromatic N) is 1. The number of anilines is 1. The molecule has 1 aliphatic rings. The average molecular weight is 269 g/mol. The standard InChI is InChI=1S/C16H19N3O/c1-11-6-8-18-15(9-11)16(20)19-13-4-5-14-12(10-13)3-2-7-17-14/h2-5,7,10-11,15,18H,6,8-9H2,1H3,(H,19,20). The van der Waals surface area contributed by atoms with E-state index < -0.39 is 0 Å². The Morgan fingerprint density at radius 1 is 1.40 bits per heavy atom. The summed E-state index contributed by atoms with van der Waals surface area (Å²) < 4.78 is 0. The second-order valence-corrected chi connectivity index (χ2v) is 5.54. The quantitative estimate of drug-likeness (QED) is 0.881. The van der Waals surface area contributed by atoms with Gasteiger partial charge >= 0.3 is 0 Å². The first-order chi connectivity index (χ1) is 9.72. The van der Waals surface area contributed by atoms with Gasteiger partial charge < -0.3 is 10.6 Å². The molecule has 2 atom stereocenters. The second kappa shape index (κ2) is 5.59. The SMILES string of the molecule is CC1CCNC(C(=O)Nc2ccc3ncccc3c2)C1. The molecule has 2 unspecified atom stereocenters. The van der Waals surface area contributed by atoms with Crippen molar-refractivity contribution >= 4 is 22.5 Å². The number of carbonyl (C=O) groups is 1. The van der Waals surface area contributed by atoms with Gasteiger partial charge in [-0.25, -0.2) is 0 Å². The largest absolute Gasteiger partial charge is 0.325 e. The lowest BCUT2D eigenvalue weighted by Gasteiger charge is -2.27. The van der Waals surface area contributed by atoms with Crippen LogP contribution < -0.4 is 10.6 Å². The van der Waals surface area contributed by atoms with Gasteiger partial charge in [0, 0.05) is 17.3 Å². The van der Waals surface area contributed by atoms with Gasteiger partial charge in [0.25, 0.3) is 0 Å². The van der Waals surface area contributed by atoms with Crippen LogP contribution in [0.1, 0.15) is 19.8 Å². The molecule has 4 heteroatoms. The molecular weight excluding hydrogens is 250 g/mol. The maximum atomic E-state index is 12.3. The van der Waals surface area contributed by atoms with E-state index in [0.717, 1.165) is 36.0 Å². The zero-order valence-electron chi connectivity index (χ0n) is 11.6. The lowest BCUT2D eigenvalue weighted by atomic mass is 9.94. The zero-order valence-corrected chi connectivity index (χ0v) is 11.6. The Bertz CT molecular complexity index is 626. The van der Waals surface area contributed by atoms with Gasteiger partial charge in [0.1, 0.15) is 0 Å². The third kappa shape index (κ3) is 2.80. The Morgan fingerprint density at radius 3 is 3.15 bits per heavy atom. The van der Waals surface area contributed by atoms with Crippen molar-refractivity contribution < 1.29 is 4.79 Å². The average Bonchev–Trinajstić information content (AvgIpc) is 2.47. The van der Waals surface area contributed by atoms with Crippen molar-refractivity contribution in [2.45, 2.75) is 25.8 Å². The van der Waals surface area contributed by atoms with Crippen LogP contribution in [-0.4, -0.2) is 23.5 Å². The molecule has 0 bridgehead atoms. The van der Waals surface area contributed by atoms with Crippen LogP contribution in [0.2, 0.25) is 0 Å². The molecule has 1 amide bonds. The number of piperidine rings is 1. The smallest absolute Gasteiger partial charge is 0.241 e. The summed E-state index contributed by atoms with van der Waals surface area (Å²) in [5, 5.41) is 7.31. The van der Waals surface area contributed by atoms with E-state index in [9.17, 15) is 4.79 Å². The summed E-state index contributed by atoms with van der Waals surface area (Å²) in [5.74, 6) is 0.660. The number of hydrogen-bond donors (Lipinski definition) is 2. The molecule has 1 fully saturated rings. The highest BCUT2D eigenvalue weighted by Crippen LogP contribution is 2.19. The minimum atomic E-state index is -0.0802. The van der Waals surface area contributed by atoms with E-state index in [1.807, 2.05) is 30.3 Å². The third-order valence-corrected chi connectivity index (χ3v) is 3.85. The van der Waals surface area contributed by atoms with E-state index in [1.54, 1.807) is 6.20 Å². The molecule has 4 nitrogen and oxygen atoms in total. The molecule has 1 aromatic heterocycles. The molecule has 20 heavy (non-hydrogen) atoms. The summed E-state index contributed by atoms with van der Waals surface area (Å²) in [6, 6.07) is 9.62. The van der Waals surface area contributed by atoms with Gasteiger partial charge in [0.05, 0.1) is 11.6 Å². The van der Waals surface area contributed by atoms with Crippen molar-refractivity contribution in [3.05, 3.63) is 36.5 Å². The zero-order chi connectivity index (χ0) is 13.9. The number of rotatable bonds is 2. The van der Waals surface area contributed by atoms with Crippen LogP contribution in [0.25, 0.3) is 10.9 Å². The van der Waals surface area contributed by atoms with Crippen molar-refractivity contribution in [3.8, 4) is 0 Å². The predicted molar refractivity (Wildman–Crippen MR) is 80.6 cm³/mol. The van der Waals surface area contributed by atoms with Crippen LogP contribution in [0.15, 0.2) is 36.5 Å². The molecule has 104 valence electrons. The summed E-state index contributed by atoms with van der Waals surface area (Å²) in [6.45, 7) is 3.11. The summed E-state index contributed by atoms with van der Waals surface area (Å²) in [6.07, 6.45) is 3.82. The fourth-order valence-corrected chi connectivity index (χ4v) is 2.69. The molecule has 2 N–H and O–H groups in total. The van der Waals surface area contributed by atoms with Crippen LogP contribution in [0.5, 0.6) is 0 Å². The van der Waals surface area contributed by atoms with Crippen molar-refractivity contribution in [3.63, 3.8) is 0 Å². The van der Waals surface area contributed by atoms with E-state index in [2.05, 4.69) is 22.5 Å². The number of hydrogen-bond acceptors (Lipinski definition) is 3. The molecule has 1 saturated heterocycles. The fraction of sp³-hybridized carbons (Fsp3) is 0.375. The number of nitrogens with one attached hydrogen (secondary N) is 2. The normalized spacial score (nSPS) is 22.6. The van der Waals surface area contributed by atoms with E-state index in [1.165, 1.54) is 0 Å². The van der Waals surface area contributed by atoms with Crippen LogP contribution >= 0.6 is 0 Å². The number of pyridine rings is 1. The molecule has 1 aromatic carbocycles. The van der Waals surface area contributed by atoms with E-state index >= 15 is 0 Å². The van der Waals surface area contributed by atoms with E-state index in [4.69, 9.17) is 0 Å². The lowest BCUT2D eigenvalue weighted by Crippen LogP contribution is -2.45. The number of amides is 1. The third-order valence-electron chi connectivity index (χ3n) is 3.85. The summed E-state index contributed by atoms with van der Waals surface area (Å²) in [7, 11) is 0. The van der Waals surface area contributed by atoms with Gasteiger partial charge in [-0.05, 0) is 49.6 Å². The van der Waals surface area contributed by atoms with Gasteiger partial charge in [-0.15, -0.1) is 0 Å². The molecular formula is C16H19N3O. The first-order valence-electron chi connectivity index (χ1n) is 7.11. The number of carbonyl (C=O) groups excluding carboxylic acids is 1. The summed E-state index contributed by atoms with van der Waals surface area (Å²) in [4.78, 5) is 16.5. The Labute approximate surface area is 118 Å². The maximum Gasteiger partial charge on any atom is 0.241 e. The van der Waals surface area contributed by atoms with Gasteiger partial charge in [0.2, 0.25) is 5.91 Å². The van der Waals surface area contributed by atoms with Gasteiger partial charge in [0.15, 0.2) is 0 Å². The molecule has 0 spiro atoms. The molecule has 0 radical (unpaired) electrons. The number of aromatic nitrogens is 1. The van der Waals surface area contributed by atoms with Crippen LogP contribution in [0, 0.1) is 5.92 Å². The predicted octanol–water partition coefficient (Wildman–Crippen LogP) is 2.56. The topological polar surface area (TPSA) is 54.0 Å². The first kappa shape index (κ1) is 13.1. The monoisotopic (exact) mass is 269 g/mol. The minimum absolute atomic E-state index is 0.0554. The summed E-state index contributed by atoms with van der Waals surface area (Å²) in [5.41, 5.74) is 1.77. The highest BCUT2D eigenvalue weighted by molar-refractivity contribution is 5.96. The molecule has 3 rings (SSSR count). The molecule has 2 aromatic rings. The van der Waals surface area contributed by atoms with Crippen LogP contribution in [-0.2, 0) is 4.79 Å². The van der Waals surface area contributed by atoms with E-state index in [-0.39, 0.29) is 11.9 Å². The molecule has 1 aliphatic heterocycles. The van der Waals surface area contributed by atoms with Crippen molar-refractivity contribution in [1.82, 2.24) is 10.3 Å². The first-order valence-corrected chi connectivity index (χ1v) is 7.11. The van der Waals surface area contributed by atoms with Crippen molar-refractivity contribution in [2.24, 2.45) is 5.92 Å². The fourth-order valence-electron chi connectivity index (χ4n) is 2.69. The molecule has 2 heterocycles. The van der Waals surface area contributed by atoms with E-state index in [0.29, 0.717) is 5.92 Å². The Hall–Kier alpha value is -1.94. The lowest BCUT2D eigenvalue weighted by molar-refractivity contribution is -0.119. The maximum absolute atomic E-state index is 12.3. The molecule has 0 aliphatic carbocycles. The van der Waals surface area contributed by atoms with Gasteiger partial charge in [-0.3, -0.25) is 9.78 Å². The highest BCUT2D eigenvalue weighted by Gasteiger charge is 2.24. The number of fused-ring (bicyclic) bond motifs is 1. The van der Waals surface area contributed by atoms with Gasteiger partial charge in [-0.2, -0.15) is 0 Å². The minimum Gasteiger partial charge on any atom is -0.325 e. The second-order valence-electron chi connectivity index (χ2n) is 5.54. The highest BCUT2D eigenvalue weighted by atomic mass is 16.2. The van der Waals surface area contributed by atoms with Crippen LogP contribution in [0.4, 0.5) is 5.69 Å². The Balaban J connectivity index is 1.73. The van der Waals surface area contributed by atoms with Crippen molar-refractivity contribution in [1.29, 1.82) is 0 Å². The Kier molecular flexibility index (Phi) is 3.65. The molecule has 0 saturated carbocycles. The van der Waals surface area contributed by atoms with Gasteiger partial charge in [-0.1, -0.05) is 13.0 Å².